The van der Waals surface area contributed by atoms with Gasteiger partial charge in [-0.2, -0.15) is 0 Å². The summed E-state index contributed by atoms with van der Waals surface area (Å²) in [7, 11) is -1.70. The minimum absolute atomic E-state index is 0.202. The van der Waals surface area contributed by atoms with Gasteiger partial charge in [-0.25, -0.2) is 9.97 Å². The molecule has 1 heterocycles. The van der Waals surface area contributed by atoms with Gasteiger partial charge in [0.25, 0.3) is 0 Å². The lowest BCUT2D eigenvalue weighted by molar-refractivity contribution is 0.0732. The van der Waals surface area contributed by atoms with Crippen LogP contribution in [0.4, 0.5) is 0 Å². The Labute approximate surface area is 162 Å². The number of benzene rings is 1. The van der Waals surface area contributed by atoms with Crippen molar-refractivity contribution in [2.75, 3.05) is 0 Å². The van der Waals surface area contributed by atoms with Crippen LogP contribution in [-0.4, -0.2) is 30.5 Å². The van der Waals surface area contributed by atoms with Gasteiger partial charge in [0.15, 0.2) is 8.32 Å². The predicted octanol–water partition coefficient (Wildman–Crippen LogP) is 6.00. The van der Waals surface area contributed by atoms with Crippen LogP contribution in [0.3, 0.4) is 0 Å². The number of rotatable bonds is 4. The summed E-state index contributed by atoms with van der Waals surface area (Å²) in [5.74, 6) is 0.792. The minimum Gasteiger partial charge on any atom is -0.488 e. The third-order valence-corrected chi connectivity index (χ3v) is 10.4. The third kappa shape index (κ3) is 4.38. The van der Waals surface area contributed by atoms with Crippen molar-refractivity contribution in [3.63, 3.8) is 0 Å². The fraction of sp³-hybridized carbons (Fsp3) is 0.600. The first-order chi connectivity index (χ1) is 12.2. The molecule has 3 rings (SSSR count). The second-order valence-electron chi connectivity index (χ2n) is 8.73. The van der Waals surface area contributed by atoms with Gasteiger partial charge in [0, 0.05) is 17.7 Å². The van der Waals surface area contributed by atoms with E-state index >= 15 is 0 Å². The number of hydrogen-bond acceptors (Lipinski definition) is 4. The van der Waals surface area contributed by atoms with E-state index in [1.165, 1.54) is 0 Å². The van der Waals surface area contributed by atoms with Crippen LogP contribution in [0.1, 0.15) is 46.5 Å². The van der Waals surface area contributed by atoms with Crippen molar-refractivity contribution in [1.82, 2.24) is 9.97 Å². The zero-order chi connectivity index (χ0) is 18.9. The lowest BCUT2D eigenvalue weighted by Crippen LogP contribution is -2.45. The Bertz CT molecular complexity index is 768. The first-order valence-corrected chi connectivity index (χ1v) is 12.7. The van der Waals surface area contributed by atoms with E-state index in [-0.39, 0.29) is 16.4 Å². The molecule has 0 unspecified atom stereocenters. The van der Waals surface area contributed by atoms with Gasteiger partial charge in [0.05, 0.1) is 6.10 Å². The molecule has 1 aliphatic rings. The summed E-state index contributed by atoms with van der Waals surface area (Å²) < 4.78 is 12.8. The van der Waals surface area contributed by atoms with E-state index in [0.717, 1.165) is 42.3 Å². The van der Waals surface area contributed by atoms with Crippen LogP contribution in [0.15, 0.2) is 24.4 Å². The van der Waals surface area contributed by atoms with E-state index < -0.39 is 8.32 Å². The van der Waals surface area contributed by atoms with Gasteiger partial charge in [0.2, 0.25) is 5.28 Å². The Morgan fingerprint density at radius 3 is 2.38 bits per heavy atom. The molecule has 1 aromatic heterocycles. The standard InChI is InChI=1S/C20H29ClN2O2Si/c1-20(2,3)26(4,5)25-16-11-9-15(10-12-16)24-17-8-6-7-14-13-22-19(21)23-18(14)17/h6-8,13,15-16H,9-12H2,1-5H3/t15-,16+. The number of halogens is 1. The Morgan fingerprint density at radius 2 is 1.73 bits per heavy atom. The highest BCUT2D eigenvalue weighted by Gasteiger charge is 2.40. The molecule has 0 aliphatic heterocycles. The predicted molar refractivity (Wildman–Crippen MR) is 110 cm³/mol. The van der Waals surface area contributed by atoms with Crippen molar-refractivity contribution in [2.24, 2.45) is 0 Å². The Balaban J connectivity index is 1.62. The number of nitrogens with zero attached hydrogens (tertiary/aromatic N) is 2. The molecule has 2 aromatic rings. The second kappa shape index (κ2) is 7.45. The van der Waals surface area contributed by atoms with Crippen molar-refractivity contribution < 1.29 is 9.16 Å². The molecule has 6 heteroatoms. The van der Waals surface area contributed by atoms with Crippen LogP contribution >= 0.6 is 11.6 Å². The maximum absolute atomic E-state index is 6.57. The van der Waals surface area contributed by atoms with Crippen LogP contribution in [0, 0.1) is 0 Å². The Morgan fingerprint density at radius 1 is 1.08 bits per heavy atom. The average Bonchev–Trinajstić information content (AvgIpc) is 2.56. The summed E-state index contributed by atoms with van der Waals surface area (Å²) in [6, 6.07) is 5.91. The quantitative estimate of drug-likeness (QED) is 0.473. The van der Waals surface area contributed by atoms with Crippen LogP contribution in [0.5, 0.6) is 5.75 Å². The molecule has 0 saturated heterocycles. The molecule has 0 N–H and O–H groups in total. The summed E-state index contributed by atoms with van der Waals surface area (Å²) in [6.07, 6.45) is 6.42. The highest BCUT2D eigenvalue weighted by atomic mass is 35.5. The largest absolute Gasteiger partial charge is 0.488 e. The van der Waals surface area contributed by atoms with Gasteiger partial charge in [-0.05, 0) is 61.5 Å². The maximum atomic E-state index is 6.57. The van der Waals surface area contributed by atoms with Crippen molar-refractivity contribution >= 4 is 30.8 Å². The second-order valence-corrected chi connectivity index (χ2v) is 13.8. The SMILES string of the molecule is CC(C)(C)[Si](C)(C)O[C@H]1CC[C@@H](Oc2cccc3cnc(Cl)nc23)CC1. The van der Waals surface area contributed by atoms with Crippen LogP contribution in [0.2, 0.25) is 23.4 Å². The zero-order valence-corrected chi connectivity index (χ0v) is 18.1. The van der Waals surface area contributed by atoms with E-state index in [2.05, 4.69) is 43.8 Å². The number of para-hydroxylation sites is 1. The Hall–Kier alpha value is -1.17. The number of ether oxygens (including phenoxy) is 1. The lowest BCUT2D eigenvalue weighted by Gasteiger charge is -2.41. The summed E-state index contributed by atoms with van der Waals surface area (Å²) in [5.41, 5.74) is 0.784. The normalized spacial score (nSPS) is 21.8. The summed E-state index contributed by atoms with van der Waals surface area (Å²) in [6.45, 7) is 11.5. The molecular formula is C20H29ClN2O2Si. The number of hydrogen-bond donors (Lipinski definition) is 0. The van der Waals surface area contributed by atoms with Crippen LogP contribution < -0.4 is 4.74 Å². The van der Waals surface area contributed by atoms with Crippen LogP contribution in [-0.2, 0) is 4.43 Å². The van der Waals surface area contributed by atoms with E-state index in [0.29, 0.717) is 6.10 Å². The lowest BCUT2D eigenvalue weighted by atomic mass is 9.95. The third-order valence-electron chi connectivity index (χ3n) is 5.73. The monoisotopic (exact) mass is 392 g/mol. The van der Waals surface area contributed by atoms with Crippen LogP contribution in [0.25, 0.3) is 10.9 Å². The minimum atomic E-state index is -1.70. The first kappa shape index (κ1) is 19.6. The van der Waals surface area contributed by atoms with E-state index in [1.807, 2.05) is 18.2 Å². The summed E-state index contributed by atoms with van der Waals surface area (Å²) in [4.78, 5) is 8.39. The van der Waals surface area contributed by atoms with Crippen molar-refractivity contribution in [3.05, 3.63) is 29.7 Å². The van der Waals surface area contributed by atoms with Gasteiger partial charge < -0.3 is 9.16 Å². The van der Waals surface area contributed by atoms with E-state index in [1.54, 1.807) is 6.20 Å². The topological polar surface area (TPSA) is 44.2 Å². The Kier molecular flexibility index (Phi) is 5.61. The molecule has 0 radical (unpaired) electrons. The molecule has 0 amide bonds. The molecule has 0 atom stereocenters. The fourth-order valence-electron chi connectivity index (χ4n) is 3.14. The highest BCUT2D eigenvalue weighted by Crippen LogP contribution is 2.39. The fourth-order valence-corrected chi connectivity index (χ4v) is 4.70. The average molecular weight is 393 g/mol. The molecule has 1 aromatic carbocycles. The van der Waals surface area contributed by atoms with Crippen molar-refractivity contribution in [1.29, 1.82) is 0 Å². The zero-order valence-electron chi connectivity index (χ0n) is 16.4. The van der Waals surface area contributed by atoms with E-state index in [9.17, 15) is 0 Å². The molecule has 142 valence electrons. The first-order valence-electron chi connectivity index (χ1n) is 9.41. The highest BCUT2D eigenvalue weighted by molar-refractivity contribution is 6.74. The van der Waals surface area contributed by atoms with Gasteiger partial charge in [0.1, 0.15) is 11.3 Å². The molecular weight excluding hydrogens is 364 g/mol. The molecule has 4 nitrogen and oxygen atoms in total. The van der Waals surface area contributed by atoms with E-state index in [4.69, 9.17) is 20.8 Å². The van der Waals surface area contributed by atoms with Gasteiger partial charge >= 0.3 is 0 Å². The molecule has 26 heavy (non-hydrogen) atoms. The molecule has 1 fully saturated rings. The smallest absolute Gasteiger partial charge is 0.223 e. The van der Waals surface area contributed by atoms with Crippen molar-refractivity contribution in [2.45, 2.75) is 76.8 Å². The van der Waals surface area contributed by atoms with Crippen molar-refractivity contribution in [3.8, 4) is 5.75 Å². The molecule has 1 saturated carbocycles. The molecule has 1 aliphatic carbocycles. The molecule has 0 bridgehead atoms. The van der Waals surface area contributed by atoms with Gasteiger partial charge in [-0.1, -0.05) is 32.9 Å². The van der Waals surface area contributed by atoms with Gasteiger partial charge in [-0.15, -0.1) is 0 Å². The molecule has 0 spiro atoms. The summed E-state index contributed by atoms with van der Waals surface area (Å²) >= 11 is 5.96. The summed E-state index contributed by atoms with van der Waals surface area (Å²) in [5, 5.41) is 1.45. The maximum Gasteiger partial charge on any atom is 0.223 e. The number of aromatic nitrogens is 2. The van der Waals surface area contributed by atoms with Gasteiger partial charge in [-0.3, -0.25) is 0 Å². The number of fused-ring (bicyclic) bond motifs is 1.